The Kier molecular flexibility index (Phi) is 2.95. The molecule has 1 heterocycles. The highest BCUT2D eigenvalue weighted by Gasteiger charge is 2.08. The van der Waals surface area contributed by atoms with E-state index in [4.69, 9.17) is 4.74 Å². The Labute approximate surface area is 95.7 Å². The van der Waals surface area contributed by atoms with Crippen molar-refractivity contribution in [1.82, 2.24) is 9.78 Å². The summed E-state index contributed by atoms with van der Waals surface area (Å²) >= 11 is 0. The van der Waals surface area contributed by atoms with Crippen molar-refractivity contribution in [3.63, 3.8) is 0 Å². The van der Waals surface area contributed by atoms with Crippen molar-refractivity contribution in [1.29, 1.82) is 0 Å². The molecule has 2 rings (SSSR count). The maximum Gasteiger partial charge on any atom is 0.126 e. The van der Waals surface area contributed by atoms with E-state index in [-0.39, 0.29) is 0 Å². The van der Waals surface area contributed by atoms with E-state index in [1.165, 1.54) is 5.56 Å². The zero-order chi connectivity index (χ0) is 11.5. The number of methoxy groups -OCH3 is 1. The minimum atomic E-state index is 0.894. The fraction of sp³-hybridized carbons (Fsp3) is 0.308. The summed E-state index contributed by atoms with van der Waals surface area (Å²) in [6.45, 7) is 2.15. The summed E-state index contributed by atoms with van der Waals surface area (Å²) in [6.07, 6.45) is 4.88. The SMILES string of the molecule is CCc1ccc(OC)c(-c2cnn(C)c2)c1. The zero-order valence-corrected chi connectivity index (χ0v) is 9.90. The Balaban J connectivity index is 2.52. The van der Waals surface area contributed by atoms with Crippen LogP contribution in [0.1, 0.15) is 12.5 Å². The Morgan fingerprint density at radius 2 is 2.19 bits per heavy atom. The van der Waals surface area contributed by atoms with Gasteiger partial charge in [-0.15, -0.1) is 0 Å². The quantitative estimate of drug-likeness (QED) is 0.788. The summed E-state index contributed by atoms with van der Waals surface area (Å²) in [5, 5.41) is 4.19. The highest BCUT2D eigenvalue weighted by molar-refractivity contribution is 5.70. The van der Waals surface area contributed by atoms with Crippen LogP contribution in [0.5, 0.6) is 5.75 Å². The van der Waals surface area contributed by atoms with Gasteiger partial charge < -0.3 is 4.74 Å². The first-order valence-electron chi connectivity index (χ1n) is 5.40. The maximum absolute atomic E-state index is 5.37. The first-order chi connectivity index (χ1) is 7.74. The first kappa shape index (κ1) is 10.7. The topological polar surface area (TPSA) is 27.1 Å². The van der Waals surface area contributed by atoms with Crippen LogP contribution in [0.3, 0.4) is 0 Å². The van der Waals surface area contributed by atoms with Crippen LogP contribution in [0.4, 0.5) is 0 Å². The standard InChI is InChI=1S/C13H16N2O/c1-4-10-5-6-13(16-3)12(7-10)11-8-14-15(2)9-11/h5-9H,4H2,1-3H3. The molecule has 0 spiro atoms. The molecule has 0 amide bonds. The number of aromatic nitrogens is 2. The van der Waals surface area contributed by atoms with E-state index >= 15 is 0 Å². The van der Waals surface area contributed by atoms with E-state index in [0.29, 0.717) is 0 Å². The van der Waals surface area contributed by atoms with E-state index in [0.717, 1.165) is 23.3 Å². The van der Waals surface area contributed by atoms with Crippen LogP contribution in [-0.4, -0.2) is 16.9 Å². The van der Waals surface area contributed by atoms with Gasteiger partial charge in [-0.3, -0.25) is 4.68 Å². The molecule has 1 aromatic carbocycles. The minimum Gasteiger partial charge on any atom is -0.496 e. The molecular formula is C13H16N2O. The van der Waals surface area contributed by atoms with Crippen LogP contribution in [0.2, 0.25) is 0 Å². The lowest BCUT2D eigenvalue weighted by atomic mass is 10.0. The van der Waals surface area contributed by atoms with E-state index < -0.39 is 0 Å². The number of benzene rings is 1. The first-order valence-corrected chi connectivity index (χ1v) is 5.40. The molecule has 2 aromatic rings. The molecule has 0 N–H and O–H groups in total. The lowest BCUT2D eigenvalue weighted by Gasteiger charge is -2.08. The third-order valence-corrected chi connectivity index (χ3v) is 2.69. The van der Waals surface area contributed by atoms with E-state index in [1.54, 1.807) is 11.8 Å². The van der Waals surface area contributed by atoms with Crippen molar-refractivity contribution in [3.05, 3.63) is 36.2 Å². The van der Waals surface area contributed by atoms with Crippen LogP contribution in [0, 0.1) is 0 Å². The molecule has 84 valence electrons. The second kappa shape index (κ2) is 4.39. The molecular weight excluding hydrogens is 200 g/mol. The third-order valence-electron chi connectivity index (χ3n) is 2.69. The van der Waals surface area contributed by atoms with Gasteiger partial charge in [-0.2, -0.15) is 5.10 Å². The fourth-order valence-corrected chi connectivity index (χ4v) is 1.76. The van der Waals surface area contributed by atoms with E-state index in [1.807, 2.05) is 25.5 Å². The van der Waals surface area contributed by atoms with Gasteiger partial charge in [0.1, 0.15) is 5.75 Å². The van der Waals surface area contributed by atoms with Gasteiger partial charge in [0, 0.05) is 24.4 Å². The van der Waals surface area contributed by atoms with Gasteiger partial charge in [0.05, 0.1) is 13.3 Å². The number of ether oxygens (including phenoxy) is 1. The third kappa shape index (κ3) is 1.94. The molecule has 1 aromatic heterocycles. The highest BCUT2D eigenvalue weighted by atomic mass is 16.5. The average Bonchev–Trinajstić information content (AvgIpc) is 2.75. The maximum atomic E-state index is 5.37. The lowest BCUT2D eigenvalue weighted by Crippen LogP contribution is -1.89. The van der Waals surface area contributed by atoms with Crippen LogP contribution < -0.4 is 4.74 Å². The number of hydrogen-bond acceptors (Lipinski definition) is 2. The summed E-state index contributed by atoms with van der Waals surface area (Å²) in [5.41, 5.74) is 3.50. The van der Waals surface area contributed by atoms with Gasteiger partial charge in [0.2, 0.25) is 0 Å². The molecule has 0 unspecified atom stereocenters. The Bertz CT molecular complexity index is 488. The molecule has 0 atom stereocenters. The van der Waals surface area contributed by atoms with Crippen molar-refractivity contribution in [2.45, 2.75) is 13.3 Å². The van der Waals surface area contributed by atoms with Gasteiger partial charge in [-0.1, -0.05) is 13.0 Å². The van der Waals surface area contributed by atoms with Crippen molar-refractivity contribution in [2.75, 3.05) is 7.11 Å². The molecule has 3 heteroatoms. The molecule has 16 heavy (non-hydrogen) atoms. The molecule has 0 aliphatic rings. The van der Waals surface area contributed by atoms with Gasteiger partial charge >= 0.3 is 0 Å². The predicted molar refractivity (Wildman–Crippen MR) is 64.6 cm³/mol. The Morgan fingerprint density at radius 3 is 2.75 bits per heavy atom. The second-order valence-electron chi connectivity index (χ2n) is 3.79. The molecule has 0 aliphatic carbocycles. The van der Waals surface area contributed by atoms with Crippen LogP contribution in [-0.2, 0) is 13.5 Å². The number of rotatable bonds is 3. The van der Waals surface area contributed by atoms with Crippen LogP contribution in [0.15, 0.2) is 30.6 Å². The predicted octanol–water partition coefficient (Wildman–Crippen LogP) is 2.66. The molecule has 0 fully saturated rings. The van der Waals surface area contributed by atoms with Gasteiger partial charge in [0.25, 0.3) is 0 Å². The summed E-state index contributed by atoms with van der Waals surface area (Å²) in [6, 6.07) is 6.27. The molecule has 0 saturated heterocycles. The van der Waals surface area contributed by atoms with Crippen molar-refractivity contribution in [2.24, 2.45) is 7.05 Å². The summed E-state index contributed by atoms with van der Waals surface area (Å²) in [5.74, 6) is 0.894. The van der Waals surface area contributed by atoms with E-state index in [9.17, 15) is 0 Å². The highest BCUT2D eigenvalue weighted by Crippen LogP contribution is 2.30. The summed E-state index contributed by atoms with van der Waals surface area (Å²) < 4.78 is 7.17. The van der Waals surface area contributed by atoms with Crippen LogP contribution >= 0.6 is 0 Å². The molecule has 0 bridgehead atoms. The molecule has 0 saturated carbocycles. The average molecular weight is 216 g/mol. The molecule has 0 aliphatic heterocycles. The normalized spacial score (nSPS) is 10.4. The Hall–Kier alpha value is -1.77. The van der Waals surface area contributed by atoms with Gasteiger partial charge in [-0.05, 0) is 24.1 Å². The number of hydrogen-bond donors (Lipinski definition) is 0. The van der Waals surface area contributed by atoms with Crippen molar-refractivity contribution in [3.8, 4) is 16.9 Å². The minimum absolute atomic E-state index is 0.894. The molecule has 0 radical (unpaired) electrons. The largest absolute Gasteiger partial charge is 0.496 e. The van der Waals surface area contributed by atoms with Crippen molar-refractivity contribution < 1.29 is 4.74 Å². The monoisotopic (exact) mass is 216 g/mol. The van der Waals surface area contributed by atoms with Crippen LogP contribution in [0.25, 0.3) is 11.1 Å². The zero-order valence-electron chi connectivity index (χ0n) is 9.90. The smallest absolute Gasteiger partial charge is 0.126 e. The van der Waals surface area contributed by atoms with Gasteiger partial charge in [0.15, 0.2) is 0 Å². The number of nitrogens with zero attached hydrogens (tertiary/aromatic N) is 2. The summed E-state index contributed by atoms with van der Waals surface area (Å²) in [4.78, 5) is 0. The summed E-state index contributed by atoms with van der Waals surface area (Å²) in [7, 11) is 3.61. The second-order valence-corrected chi connectivity index (χ2v) is 3.79. The Morgan fingerprint density at radius 1 is 1.38 bits per heavy atom. The van der Waals surface area contributed by atoms with Crippen molar-refractivity contribution >= 4 is 0 Å². The van der Waals surface area contributed by atoms with E-state index in [2.05, 4.69) is 24.2 Å². The fourth-order valence-electron chi connectivity index (χ4n) is 1.76. The molecule has 3 nitrogen and oxygen atoms in total. The lowest BCUT2D eigenvalue weighted by molar-refractivity contribution is 0.416. The number of aryl methyl sites for hydroxylation is 2. The van der Waals surface area contributed by atoms with Gasteiger partial charge in [-0.25, -0.2) is 0 Å².